The Labute approximate surface area is 119 Å². The van der Waals surface area contributed by atoms with E-state index in [1.165, 1.54) is 25.7 Å². The van der Waals surface area contributed by atoms with Gasteiger partial charge in [-0.3, -0.25) is 4.68 Å². The van der Waals surface area contributed by atoms with E-state index in [-0.39, 0.29) is 0 Å². The van der Waals surface area contributed by atoms with Gasteiger partial charge in [0.15, 0.2) is 0 Å². The standard InChI is InChI=1S/C16H21N3O/c1-12-6-7-16(15(17)10-12)20-11-13-8-9-19(18-13)14-4-2-3-5-14/h6-10,14H,2-5,11,17H2,1H3. The van der Waals surface area contributed by atoms with Gasteiger partial charge in [0.1, 0.15) is 12.4 Å². The van der Waals surface area contributed by atoms with Crippen molar-refractivity contribution in [2.45, 2.75) is 45.3 Å². The van der Waals surface area contributed by atoms with Crippen LogP contribution in [-0.2, 0) is 6.61 Å². The van der Waals surface area contributed by atoms with Crippen molar-refractivity contribution in [2.24, 2.45) is 0 Å². The van der Waals surface area contributed by atoms with E-state index >= 15 is 0 Å². The summed E-state index contributed by atoms with van der Waals surface area (Å²) in [6, 6.07) is 8.45. The first-order valence-electron chi connectivity index (χ1n) is 7.25. The Morgan fingerprint density at radius 2 is 2.10 bits per heavy atom. The number of aromatic nitrogens is 2. The molecule has 4 heteroatoms. The van der Waals surface area contributed by atoms with Crippen LogP contribution >= 0.6 is 0 Å². The van der Waals surface area contributed by atoms with Crippen molar-refractivity contribution in [3.05, 3.63) is 41.7 Å². The van der Waals surface area contributed by atoms with Crippen molar-refractivity contribution in [2.75, 3.05) is 5.73 Å². The third-order valence-electron chi connectivity index (χ3n) is 3.90. The van der Waals surface area contributed by atoms with E-state index in [9.17, 15) is 0 Å². The minimum Gasteiger partial charge on any atom is -0.485 e. The quantitative estimate of drug-likeness (QED) is 0.866. The van der Waals surface area contributed by atoms with Gasteiger partial charge in [0, 0.05) is 6.20 Å². The Balaban J connectivity index is 1.63. The van der Waals surface area contributed by atoms with Gasteiger partial charge in [0.2, 0.25) is 0 Å². The Morgan fingerprint density at radius 1 is 1.30 bits per heavy atom. The SMILES string of the molecule is Cc1ccc(OCc2ccn(C3CCCC3)n2)c(N)c1. The van der Waals surface area contributed by atoms with Gasteiger partial charge >= 0.3 is 0 Å². The molecule has 1 aromatic carbocycles. The Bertz CT molecular complexity index is 585. The highest BCUT2D eigenvalue weighted by Gasteiger charge is 2.17. The number of nitrogens with zero attached hydrogens (tertiary/aromatic N) is 2. The van der Waals surface area contributed by atoms with E-state index in [0.29, 0.717) is 18.3 Å². The van der Waals surface area contributed by atoms with Crippen LogP contribution in [0.25, 0.3) is 0 Å². The third kappa shape index (κ3) is 2.79. The molecular weight excluding hydrogens is 250 g/mol. The van der Waals surface area contributed by atoms with Crippen LogP contribution in [-0.4, -0.2) is 9.78 Å². The second-order valence-corrected chi connectivity index (χ2v) is 5.56. The smallest absolute Gasteiger partial charge is 0.142 e. The van der Waals surface area contributed by atoms with Crippen LogP contribution in [0.4, 0.5) is 5.69 Å². The first kappa shape index (κ1) is 13.0. The van der Waals surface area contributed by atoms with Crippen LogP contribution in [0.2, 0.25) is 0 Å². The summed E-state index contributed by atoms with van der Waals surface area (Å²) in [4.78, 5) is 0. The number of hydrogen-bond donors (Lipinski definition) is 1. The fourth-order valence-electron chi connectivity index (χ4n) is 2.78. The first-order valence-corrected chi connectivity index (χ1v) is 7.25. The summed E-state index contributed by atoms with van der Waals surface area (Å²) in [6.07, 6.45) is 7.18. The lowest BCUT2D eigenvalue weighted by Gasteiger charge is -2.10. The predicted octanol–water partition coefficient (Wildman–Crippen LogP) is 3.47. The molecule has 1 aliphatic rings. The van der Waals surface area contributed by atoms with Crippen molar-refractivity contribution >= 4 is 5.69 Å². The number of anilines is 1. The minimum absolute atomic E-state index is 0.465. The summed E-state index contributed by atoms with van der Waals surface area (Å²) < 4.78 is 7.84. The Morgan fingerprint density at radius 3 is 2.85 bits per heavy atom. The van der Waals surface area contributed by atoms with Crippen molar-refractivity contribution in [1.29, 1.82) is 0 Å². The monoisotopic (exact) mass is 271 g/mol. The third-order valence-corrected chi connectivity index (χ3v) is 3.90. The average Bonchev–Trinajstić information content (AvgIpc) is 3.08. The fourth-order valence-corrected chi connectivity index (χ4v) is 2.78. The summed E-state index contributed by atoms with van der Waals surface area (Å²) in [5, 5.41) is 4.61. The van der Waals surface area contributed by atoms with Crippen LogP contribution in [0.1, 0.15) is 43.0 Å². The van der Waals surface area contributed by atoms with Gasteiger partial charge in [-0.2, -0.15) is 5.10 Å². The molecule has 1 heterocycles. The summed E-state index contributed by atoms with van der Waals surface area (Å²) in [6.45, 7) is 2.48. The van der Waals surface area contributed by atoms with Crippen LogP contribution in [0.5, 0.6) is 5.75 Å². The maximum Gasteiger partial charge on any atom is 0.142 e. The number of nitrogens with two attached hydrogens (primary N) is 1. The maximum atomic E-state index is 5.94. The second kappa shape index (κ2) is 5.57. The molecule has 0 bridgehead atoms. The maximum absolute atomic E-state index is 5.94. The van der Waals surface area contributed by atoms with Crippen molar-refractivity contribution in [1.82, 2.24) is 9.78 Å². The molecule has 2 N–H and O–H groups in total. The lowest BCUT2D eigenvalue weighted by Crippen LogP contribution is -2.06. The zero-order valence-corrected chi connectivity index (χ0v) is 11.9. The topological polar surface area (TPSA) is 53.1 Å². The second-order valence-electron chi connectivity index (χ2n) is 5.56. The molecule has 0 atom stereocenters. The van der Waals surface area contributed by atoms with E-state index in [1.54, 1.807) is 0 Å². The minimum atomic E-state index is 0.465. The van der Waals surface area contributed by atoms with E-state index in [1.807, 2.05) is 31.2 Å². The average molecular weight is 271 g/mol. The van der Waals surface area contributed by atoms with E-state index < -0.39 is 0 Å². The van der Waals surface area contributed by atoms with Gasteiger partial charge in [0.25, 0.3) is 0 Å². The molecule has 0 radical (unpaired) electrons. The molecule has 0 aliphatic heterocycles. The van der Waals surface area contributed by atoms with E-state index in [4.69, 9.17) is 10.5 Å². The van der Waals surface area contributed by atoms with Crippen molar-refractivity contribution in [3.8, 4) is 5.75 Å². The normalized spacial score (nSPS) is 15.7. The molecule has 106 valence electrons. The molecule has 1 aromatic heterocycles. The summed E-state index contributed by atoms with van der Waals surface area (Å²) in [5.41, 5.74) is 8.72. The first-order chi connectivity index (χ1) is 9.72. The van der Waals surface area contributed by atoms with E-state index in [0.717, 1.165) is 17.0 Å². The lowest BCUT2D eigenvalue weighted by molar-refractivity contribution is 0.299. The number of hydrogen-bond acceptors (Lipinski definition) is 3. The van der Waals surface area contributed by atoms with Gasteiger partial charge in [0.05, 0.1) is 17.4 Å². The Hall–Kier alpha value is -1.97. The Kier molecular flexibility index (Phi) is 3.63. The molecule has 20 heavy (non-hydrogen) atoms. The molecule has 1 fully saturated rings. The zero-order chi connectivity index (χ0) is 13.9. The molecule has 0 spiro atoms. The molecule has 2 aromatic rings. The summed E-state index contributed by atoms with van der Waals surface area (Å²) >= 11 is 0. The fraction of sp³-hybridized carbons (Fsp3) is 0.438. The van der Waals surface area contributed by atoms with Gasteiger partial charge < -0.3 is 10.5 Å². The molecule has 4 nitrogen and oxygen atoms in total. The van der Waals surface area contributed by atoms with Crippen molar-refractivity contribution in [3.63, 3.8) is 0 Å². The van der Waals surface area contributed by atoms with Crippen LogP contribution < -0.4 is 10.5 Å². The molecule has 0 amide bonds. The van der Waals surface area contributed by atoms with Crippen LogP contribution in [0, 0.1) is 6.92 Å². The summed E-state index contributed by atoms with van der Waals surface area (Å²) in [7, 11) is 0. The predicted molar refractivity (Wildman–Crippen MR) is 79.7 cm³/mol. The van der Waals surface area contributed by atoms with Gasteiger partial charge in [-0.15, -0.1) is 0 Å². The highest BCUT2D eigenvalue weighted by Crippen LogP contribution is 2.29. The lowest BCUT2D eigenvalue weighted by atomic mass is 10.2. The molecule has 0 saturated heterocycles. The van der Waals surface area contributed by atoms with Gasteiger partial charge in [-0.05, 0) is 43.5 Å². The van der Waals surface area contributed by atoms with Gasteiger partial charge in [-0.1, -0.05) is 18.9 Å². The van der Waals surface area contributed by atoms with Crippen molar-refractivity contribution < 1.29 is 4.74 Å². The highest BCUT2D eigenvalue weighted by atomic mass is 16.5. The number of aryl methyl sites for hydroxylation is 1. The molecule has 1 aliphatic carbocycles. The van der Waals surface area contributed by atoms with Gasteiger partial charge in [-0.25, -0.2) is 0 Å². The zero-order valence-electron chi connectivity index (χ0n) is 11.9. The van der Waals surface area contributed by atoms with Crippen LogP contribution in [0.3, 0.4) is 0 Å². The number of ether oxygens (including phenoxy) is 1. The number of benzene rings is 1. The summed E-state index contributed by atoms with van der Waals surface area (Å²) in [5.74, 6) is 0.728. The largest absolute Gasteiger partial charge is 0.485 e. The molecule has 0 unspecified atom stereocenters. The molecular formula is C16H21N3O. The number of rotatable bonds is 4. The molecule has 3 rings (SSSR count). The number of nitrogen functional groups attached to an aromatic ring is 1. The highest BCUT2D eigenvalue weighted by molar-refractivity contribution is 5.54. The molecule has 1 saturated carbocycles. The van der Waals surface area contributed by atoms with Crippen LogP contribution in [0.15, 0.2) is 30.5 Å². The van der Waals surface area contributed by atoms with E-state index in [2.05, 4.69) is 16.0 Å².